The monoisotopic (exact) mass is 370 g/mol. The molecule has 1 aromatic carbocycles. The molecule has 0 saturated carbocycles. The molecule has 1 unspecified atom stereocenters. The Morgan fingerprint density at radius 2 is 1.92 bits per heavy atom. The summed E-state index contributed by atoms with van der Waals surface area (Å²) in [5, 5.41) is 3.75. The summed E-state index contributed by atoms with van der Waals surface area (Å²) in [7, 11) is -2.17. The average Bonchev–Trinajstić information content (AvgIpc) is 2.56. The van der Waals surface area contributed by atoms with Gasteiger partial charge in [-0.3, -0.25) is 0 Å². The maximum atomic E-state index is 9.08. The lowest BCUT2D eigenvalue weighted by Gasteiger charge is -2.27. The van der Waals surface area contributed by atoms with E-state index in [2.05, 4.69) is 30.4 Å². The van der Waals surface area contributed by atoms with Crippen molar-refractivity contribution in [3.05, 3.63) is 29.3 Å². The van der Waals surface area contributed by atoms with Gasteiger partial charge < -0.3 is 14.6 Å². The first-order chi connectivity index (χ1) is 11.8. The van der Waals surface area contributed by atoms with E-state index in [0.717, 1.165) is 12.3 Å². The maximum absolute atomic E-state index is 9.08. The number of benzene rings is 1. The first kappa shape index (κ1) is 21.9. The van der Waals surface area contributed by atoms with Crippen LogP contribution < -0.4 is 10.1 Å². The van der Waals surface area contributed by atoms with Crippen LogP contribution in [0.15, 0.2) is 18.2 Å². The molecule has 0 amide bonds. The molecule has 1 N–H and O–H groups in total. The predicted molar refractivity (Wildman–Crippen MR) is 101 cm³/mol. The van der Waals surface area contributed by atoms with Crippen LogP contribution in [0.1, 0.15) is 69.0 Å². The molecule has 0 saturated heterocycles. The van der Waals surface area contributed by atoms with E-state index in [1.807, 2.05) is 0 Å². The largest absolute Gasteiger partial charge is 0.748 e. The molecule has 0 bridgehead atoms. The Kier molecular flexibility index (Phi) is 10.1. The van der Waals surface area contributed by atoms with Gasteiger partial charge in [0.15, 0.2) is 0 Å². The SMILES string of the molecule is CCCCCCCNC1CCCc2cc(OC)ccc21.CS(=O)(=O)[O-]. The van der Waals surface area contributed by atoms with Gasteiger partial charge in [-0.1, -0.05) is 38.7 Å². The number of fused-ring (bicyclic) bond motifs is 1. The molecule has 0 radical (unpaired) electrons. The molecule has 0 aliphatic heterocycles. The fourth-order valence-electron chi connectivity index (χ4n) is 3.13. The van der Waals surface area contributed by atoms with E-state index in [1.165, 1.54) is 62.5 Å². The highest BCUT2D eigenvalue weighted by atomic mass is 32.2. The van der Waals surface area contributed by atoms with Gasteiger partial charge in [-0.05, 0) is 55.5 Å². The summed E-state index contributed by atoms with van der Waals surface area (Å²) in [5.41, 5.74) is 2.96. The van der Waals surface area contributed by atoms with Crippen molar-refractivity contribution >= 4 is 10.1 Å². The van der Waals surface area contributed by atoms with E-state index < -0.39 is 10.1 Å². The van der Waals surface area contributed by atoms with Gasteiger partial charge in [-0.2, -0.15) is 0 Å². The number of aryl methyl sites for hydroxylation is 1. The highest BCUT2D eigenvalue weighted by molar-refractivity contribution is 7.84. The average molecular weight is 371 g/mol. The maximum Gasteiger partial charge on any atom is 0.119 e. The standard InChI is InChI=1S/C18H29NO.CH4O3S/c1-3-4-5-6-7-13-19-18-10-8-9-15-14-16(20-2)11-12-17(15)18;1-5(2,3)4/h11-12,14,18-19H,3-10,13H2,1-2H3;1H3,(H,2,3,4)/p-1. The zero-order valence-electron chi connectivity index (χ0n) is 15.7. The second-order valence-electron chi connectivity index (χ2n) is 6.58. The van der Waals surface area contributed by atoms with E-state index in [0.29, 0.717) is 12.3 Å². The second kappa shape index (κ2) is 11.5. The second-order valence-corrected chi connectivity index (χ2v) is 7.99. The summed E-state index contributed by atoms with van der Waals surface area (Å²) >= 11 is 0. The Morgan fingerprint density at radius 1 is 1.24 bits per heavy atom. The van der Waals surface area contributed by atoms with Crippen LogP contribution in [0.5, 0.6) is 5.75 Å². The fraction of sp³-hybridized carbons (Fsp3) is 0.684. The number of ether oxygens (including phenoxy) is 1. The van der Waals surface area contributed by atoms with Crippen LogP contribution in [-0.4, -0.2) is 32.9 Å². The Morgan fingerprint density at radius 3 is 2.56 bits per heavy atom. The molecule has 1 aliphatic carbocycles. The van der Waals surface area contributed by atoms with E-state index in [4.69, 9.17) is 17.7 Å². The van der Waals surface area contributed by atoms with Gasteiger partial charge in [0.2, 0.25) is 0 Å². The normalized spacial score (nSPS) is 16.6. The van der Waals surface area contributed by atoms with Gasteiger partial charge in [-0.15, -0.1) is 0 Å². The van der Waals surface area contributed by atoms with Crippen molar-refractivity contribution in [1.82, 2.24) is 5.32 Å². The minimum absolute atomic E-state index is 0.552. The smallest absolute Gasteiger partial charge is 0.119 e. The molecular weight excluding hydrogens is 338 g/mol. The lowest BCUT2D eigenvalue weighted by Crippen LogP contribution is -2.26. The summed E-state index contributed by atoms with van der Waals surface area (Å²) in [6.07, 6.45) is 11.1. The van der Waals surface area contributed by atoms with Crippen molar-refractivity contribution < 1.29 is 17.7 Å². The topological polar surface area (TPSA) is 78.5 Å². The zero-order chi connectivity index (χ0) is 18.7. The van der Waals surface area contributed by atoms with E-state index in [1.54, 1.807) is 7.11 Å². The van der Waals surface area contributed by atoms with E-state index in [9.17, 15) is 0 Å². The Hall–Kier alpha value is -1.11. The molecule has 0 fully saturated rings. The third-order valence-electron chi connectivity index (χ3n) is 4.34. The Labute approximate surface area is 152 Å². The van der Waals surface area contributed by atoms with Crippen LogP contribution in [0.3, 0.4) is 0 Å². The lowest BCUT2D eigenvalue weighted by atomic mass is 9.87. The summed E-state index contributed by atoms with van der Waals surface area (Å²) in [6.45, 7) is 3.42. The number of unbranched alkanes of at least 4 members (excludes halogenated alkanes) is 4. The molecule has 0 heterocycles. The number of rotatable bonds is 8. The van der Waals surface area contributed by atoms with Gasteiger partial charge in [0, 0.05) is 12.3 Å². The Bertz CT molecular complexity index is 593. The number of nitrogens with one attached hydrogen (secondary N) is 1. The van der Waals surface area contributed by atoms with Crippen molar-refractivity contribution in [3.63, 3.8) is 0 Å². The molecule has 25 heavy (non-hydrogen) atoms. The van der Waals surface area contributed by atoms with Gasteiger partial charge in [0.25, 0.3) is 0 Å². The minimum Gasteiger partial charge on any atom is -0.748 e. The van der Waals surface area contributed by atoms with Crippen molar-refractivity contribution in [1.29, 1.82) is 0 Å². The molecule has 6 heteroatoms. The molecule has 1 aliphatic rings. The highest BCUT2D eigenvalue weighted by Crippen LogP contribution is 2.32. The molecule has 1 atom stereocenters. The van der Waals surface area contributed by atoms with Gasteiger partial charge in [0.1, 0.15) is 5.75 Å². The third-order valence-corrected chi connectivity index (χ3v) is 4.34. The zero-order valence-corrected chi connectivity index (χ0v) is 16.5. The first-order valence-corrected chi connectivity index (χ1v) is 11.0. The molecule has 2 rings (SSSR count). The highest BCUT2D eigenvalue weighted by Gasteiger charge is 2.19. The van der Waals surface area contributed by atoms with Gasteiger partial charge in [0.05, 0.1) is 17.2 Å². The third kappa shape index (κ3) is 9.82. The molecule has 0 aromatic heterocycles. The van der Waals surface area contributed by atoms with Crippen LogP contribution in [0.4, 0.5) is 0 Å². The molecule has 1 aromatic rings. The summed E-state index contributed by atoms with van der Waals surface area (Å²) in [6, 6.07) is 7.11. The van der Waals surface area contributed by atoms with E-state index >= 15 is 0 Å². The van der Waals surface area contributed by atoms with Crippen LogP contribution >= 0.6 is 0 Å². The molecular formula is C19H32NO4S-. The predicted octanol–water partition coefficient (Wildman–Crippen LogP) is 3.79. The molecule has 5 nitrogen and oxygen atoms in total. The quantitative estimate of drug-likeness (QED) is 0.556. The first-order valence-electron chi connectivity index (χ1n) is 9.16. The molecule has 0 spiro atoms. The van der Waals surface area contributed by atoms with Crippen LogP contribution in [0.25, 0.3) is 0 Å². The summed E-state index contributed by atoms with van der Waals surface area (Å²) in [5.74, 6) is 0.990. The van der Waals surface area contributed by atoms with Crippen molar-refractivity contribution in [2.24, 2.45) is 0 Å². The fourth-order valence-corrected chi connectivity index (χ4v) is 3.13. The van der Waals surface area contributed by atoms with Crippen LogP contribution in [0.2, 0.25) is 0 Å². The van der Waals surface area contributed by atoms with Gasteiger partial charge in [-0.25, -0.2) is 8.42 Å². The van der Waals surface area contributed by atoms with Crippen molar-refractivity contribution in [3.8, 4) is 5.75 Å². The minimum atomic E-state index is -3.92. The number of hydrogen-bond acceptors (Lipinski definition) is 5. The van der Waals surface area contributed by atoms with Crippen molar-refractivity contribution in [2.45, 2.75) is 64.3 Å². The number of methoxy groups -OCH3 is 1. The summed E-state index contributed by atoms with van der Waals surface area (Å²) in [4.78, 5) is 0. The number of hydrogen-bond donors (Lipinski definition) is 1. The lowest BCUT2D eigenvalue weighted by molar-refractivity contribution is 0.410. The van der Waals surface area contributed by atoms with Crippen LogP contribution in [0, 0.1) is 0 Å². The van der Waals surface area contributed by atoms with Crippen LogP contribution in [-0.2, 0) is 16.5 Å². The van der Waals surface area contributed by atoms with Gasteiger partial charge >= 0.3 is 0 Å². The Balaban J connectivity index is 0.000000550. The van der Waals surface area contributed by atoms with Crippen molar-refractivity contribution in [2.75, 3.05) is 19.9 Å². The molecule has 144 valence electrons. The summed E-state index contributed by atoms with van der Waals surface area (Å²) < 4.78 is 32.6. The van der Waals surface area contributed by atoms with E-state index in [-0.39, 0.29) is 0 Å².